The molecule has 0 radical (unpaired) electrons. The molecular formula is C19H20N4O3S. The van der Waals surface area contributed by atoms with Crippen molar-refractivity contribution in [3.63, 3.8) is 0 Å². The van der Waals surface area contributed by atoms with Crippen molar-refractivity contribution < 1.29 is 13.2 Å². The lowest BCUT2D eigenvalue weighted by Crippen LogP contribution is -2.14. The Morgan fingerprint density at radius 1 is 0.926 bits per heavy atom. The quantitative estimate of drug-likeness (QED) is 0.719. The summed E-state index contributed by atoms with van der Waals surface area (Å²) in [4.78, 5) is 21.5. The second-order valence-corrected chi connectivity index (χ2v) is 8.20. The molecule has 1 amide bonds. The van der Waals surface area contributed by atoms with E-state index in [0.29, 0.717) is 22.5 Å². The number of sulfonamides is 1. The number of carbonyl (C=O) groups excluding carboxylic acids is 1. The summed E-state index contributed by atoms with van der Waals surface area (Å²) in [6, 6.07) is 10.2. The zero-order valence-corrected chi connectivity index (χ0v) is 16.3. The van der Waals surface area contributed by atoms with Gasteiger partial charge < -0.3 is 5.32 Å². The third kappa shape index (κ3) is 4.40. The highest BCUT2D eigenvalue weighted by atomic mass is 32.2. The number of aromatic nitrogens is 2. The minimum Gasteiger partial charge on any atom is -0.322 e. The zero-order valence-electron chi connectivity index (χ0n) is 15.5. The Morgan fingerprint density at radius 3 is 2.26 bits per heavy atom. The van der Waals surface area contributed by atoms with Crippen molar-refractivity contribution in [2.45, 2.75) is 20.8 Å². The summed E-state index contributed by atoms with van der Waals surface area (Å²) in [5.74, 6) is -0.314. The highest BCUT2D eigenvalue weighted by molar-refractivity contribution is 7.92. The maximum atomic E-state index is 12.6. The maximum Gasteiger partial charge on any atom is 0.255 e. The van der Waals surface area contributed by atoms with Crippen LogP contribution in [0.4, 0.5) is 11.4 Å². The molecule has 0 spiro atoms. The fourth-order valence-electron chi connectivity index (χ4n) is 2.58. The Bertz CT molecular complexity index is 1160. The van der Waals surface area contributed by atoms with E-state index < -0.39 is 10.0 Å². The van der Waals surface area contributed by atoms with Crippen LogP contribution >= 0.6 is 0 Å². The van der Waals surface area contributed by atoms with Crippen LogP contribution in [0.1, 0.15) is 27.3 Å². The van der Waals surface area contributed by atoms with Gasteiger partial charge in [0.1, 0.15) is 0 Å². The molecule has 0 unspecified atom stereocenters. The number of nitrogens with one attached hydrogen (secondary N) is 2. The van der Waals surface area contributed by atoms with E-state index in [2.05, 4.69) is 20.0 Å². The lowest BCUT2D eigenvalue weighted by molar-refractivity contribution is 0.102. The van der Waals surface area contributed by atoms with Gasteiger partial charge >= 0.3 is 0 Å². The third-order valence-electron chi connectivity index (χ3n) is 4.13. The highest BCUT2D eigenvalue weighted by Crippen LogP contribution is 2.22. The van der Waals surface area contributed by atoms with Crippen molar-refractivity contribution >= 4 is 38.3 Å². The van der Waals surface area contributed by atoms with Crippen molar-refractivity contribution in [2.24, 2.45) is 0 Å². The molecule has 1 heterocycles. The number of aryl methyl sites for hydroxylation is 3. The normalized spacial score (nSPS) is 11.4. The second kappa shape index (κ2) is 6.96. The van der Waals surface area contributed by atoms with Gasteiger partial charge in [-0.05, 0) is 56.7 Å². The standard InChI is InChI=1S/C19H20N4O3S/c1-11-5-7-15(10-17(11)23-27(4,25)26)22-19(24)14-6-8-16-18(9-14)21-13(3)12(2)20-16/h5-10,23H,1-4H3,(H,22,24). The van der Waals surface area contributed by atoms with Gasteiger partial charge in [-0.1, -0.05) is 6.07 Å². The largest absolute Gasteiger partial charge is 0.322 e. The van der Waals surface area contributed by atoms with Crippen molar-refractivity contribution in [1.82, 2.24) is 9.97 Å². The molecule has 0 saturated carbocycles. The van der Waals surface area contributed by atoms with Crippen LogP contribution < -0.4 is 10.0 Å². The SMILES string of the molecule is Cc1ccc(NC(=O)c2ccc3nc(C)c(C)nc3c2)cc1NS(C)(=O)=O. The molecule has 27 heavy (non-hydrogen) atoms. The van der Waals surface area contributed by atoms with Crippen molar-refractivity contribution in [1.29, 1.82) is 0 Å². The predicted octanol–water partition coefficient (Wildman–Crippen LogP) is 3.18. The van der Waals surface area contributed by atoms with E-state index in [1.165, 1.54) is 0 Å². The number of hydrogen-bond acceptors (Lipinski definition) is 5. The molecule has 8 heteroatoms. The predicted molar refractivity (Wildman–Crippen MR) is 107 cm³/mol. The Morgan fingerprint density at radius 2 is 1.59 bits per heavy atom. The van der Waals surface area contributed by atoms with E-state index >= 15 is 0 Å². The van der Waals surface area contributed by atoms with Gasteiger partial charge in [-0.25, -0.2) is 18.4 Å². The first kappa shape index (κ1) is 18.8. The van der Waals surface area contributed by atoms with E-state index in [9.17, 15) is 13.2 Å². The fourth-order valence-corrected chi connectivity index (χ4v) is 3.20. The molecule has 0 aliphatic rings. The fraction of sp³-hybridized carbons (Fsp3) is 0.211. The number of nitrogens with zero attached hydrogens (tertiary/aromatic N) is 2. The van der Waals surface area contributed by atoms with E-state index in [4.69, 9.17) is 0 Å². The summed E-state index contributed by atoms with van der Waals surface area (Å²) < 4.78 is 25.4. The van der Waals surface area contributed by atoms with Gasteiger partial charge in [0.05, 0.1) is 34.4 Å². The summed E-state index contributed by atoms with van der Waals surface area (Å²) in [5.41, 5.74) is 5.15. The molecule has 0 saturated heterocycles. The average Bonchev–Trinajstić information content (AvgIpc) is 2.57. The first-order chi connectivity index (χ1) is 12.6. The van der Waals surface area contributed by atoms with Gasteiger partial charge in [0.2, 0.25) is 10.0 Å². The Kier molecular flexibility index (Phi) is 4.84. The Hall–Kier alpha value is -3.00. The second-order valence-electron chi connectivity index (χ2n) is 6.46. The molecule has 3 rings (SSSR count). The number of amides is 1. The summed E-state index contributed by atoms with van der Waals surface area (Å²) in [7, 11) is -3.41. The summed E-state index contributed by atoms with van der Waals surface area (Å²) >= 11 is 0. The molecule has 7 nitrogen and oxygen atoms in total. The topological polar surface area (TPSA) is 101 Å². The first-order valence-electron chi connectivity index (χ1n) is 8.27. The monoisotopic (exact) mass is 384 g/mol. The Labute approximate surface area is 157 Å². The van der Waals surface area contributed by atoms with Crippen molar-refractivity contribution in [3.05, 3.63) is 58.9 Å². The molecule has 0 aliphatic heterocycles. The highest BCUT2D eigenvalue weighted by Gasteiger charge is 2.11. The summed E-state index contributed by atoms with van der Waals surface area (Å²) in [6.07, 6.45) is 1.08. The number of carbonyl (C=O) groups is 1. The van der Waals surface area contributed by atoms with E-state index in [1.54, 1.807) is 43.3 Å². The van der Waals surface area contributed by atoms with Crippen LogP contribution in [-0.4, -0.2) is 30.5 Å². The van der Waals surface area contributed by atoms with Crippen LogP contribution in [0.15, 0.2) is 36.4 Å². The van der Waals surface area contributed by atoms with Gasteiger partial charge in [0.25, 0.3) is 5.91 Å². The van der Waals surface area contributed by atoms with Gasteiger partial charge in [-0.2, -0.15) is 0 Å². The van der Waals surface area contributed by atoms with Gasteiger partial charge in [0.15, 0.2) is 0 Å². The lowest BCUT2D eigenvalue weighted by Gasteiger charge is -2.11. The number of benzene rings is 2. The van der Waals surface area contributed by atoms with Crippen LogP contribution in [0, 0.1) is 20.8 Å². The van der Waals surface area contributed by atoms with Crippen LogP contribution in [0.25, 0.3) is 11.0 Å². The Balaban J connectivity index is 1.88. The van der Waals surface area contributed by atoms with Crippen LogP contribution in [0.3, 0.4) is 0 Å². The minimum atomic E-state index is -3.41. The molecule has 2 aromatic carbocycles. The first-order valence-corrected chi connectivity index (χ1v) is 10.2. The van der Waals surface area contributed by atoms with Crippen molar-refractivity contribution in [3.8, 4) is 0 Å². The zero-order chi connectivity index (χ0) is 19.8. The number of fused-ring (bicyclic) bond motifs is 1. The van der Waals surface area contributed by atoms with Crippen LogP contribution in [0.2, 0.25) is 0 Å². The minimum absolute atomic E-state index is 0.314. The molecule has 0 aliphatic carbocycles. The van der Waals surface area contributed by atoms with Crippen LogP contribution in [0.5, 0.6) is 0 Å². The van der Waals surface area contributed by atoms with Gasteiger partial charge in [0, 0.05) is 11.3 Å². The van der Waals surface area contributed by atoms with E-state index in [1.807, 2.05) is 13.8 Å². The van der Waals surface area contributed by atoms with E-state index in [-0.39, 0.29) is 5.91 Å². The molecule has 140 valence electrons. The van der Waals surface area contributed by atoms with Gasteiger partial charge in [-0.15, -0.1) is 0 Å². The van der Waals surface area contributed by atoms with Crippen molar-refractivity contribution in [2.75, 3.05) is 16.3 Å². The molecule has 1 aromatic heterocycles. The third-order valence-corrected chi connectivity index (χ3v) is 4.72. The maximum absolute atomic E-state index is 12.6. The molecule has 2 N–H and O–H groups in total. The average molecular weight is 384 g/mol. The van der Waals surface area contributed by atoms with Crippen LogP contribution in [-0.2, 0) is 10.0 Å². The summed E-state index contributed by atoms with van der Waals surface area (Å²) in [6.45, 7) is 5.55. The molecule has 3 aromatic rings. The number of rotatable bonds is 4. The molecular weight excluding hydrogens is 364 g/mol. The smallest absolute Gasteiger partial charge is 0.255 e. The van der Waals surface area contributed by atoms with E-state index in [0.717, 1.165) is 28.7 Å². The van der Waals surface area contributed by atoms with Gasteiger partial charge in [-0.3, -0.25) is 9.52 Å². The molecule has 0 fully saturated rings. The molecule has 0 atom stereocenters. The summed E-state index contributed by atoms with van der Waals surface area (Å²) in [5, 5.41) is 2.78. The lowest BCUT2D eigenvalue weighted by atomic mass is 10.1. The number of hydrogen-bond donors (Lipinski definition) is 2. The molecule has 0 bridgehead atoms. The number of anilines is 2.